The number of rotatable bonds is 6. The number of carbonyl (C=O) groups is 1. The molecule has 0 aromatic heterocycles. The quantitative estimate of drug-likeness (QED) is 0.626. The van der Waals surface area contributed by atoms with Crippen LogP contribution in [-0.2, 0) is 14.8 Å². The zero-order valence-corrected chi connectivity index (χ0v) is 12.6. The average Bonchev–Trinajstić information content (AvgIpc) is 2.38. The molecule has 0 saturated heterocycles. The van der Waals surface area contributed by atoms with Crippen LogP contribution < -0.4 is 0 Å². The number of hydrogen-bond acceptors (Lipinski definition) is 5. The zero-order chi connectivity index (χ0) is 16.4. The number of likely N-dealkylation sites (N-methyl/N-ethyl adjacent to an activating group) is 1. The molecule has 0 bridgehead atoms. The average molecular weight is 316 g/mol. The molecule has 1 unspecified atom stereocenters. The molecule has 0 radical (unpaired) electrons. The maximum absolute atomic E-state index is 12.4. The summed E-state index contributed by atoms with van der Waals surface area (Å²) in [4.78, 5) is 21.0. The summed E-state index contributed by atoms with van der Waals surface area (Å²) in [6.07, 6.45) is 0.0824. The Morgan fingerprint density at radius 1 is 1.48 bits per heavy atom. The monoisotopic (exact) mass is 316 g/mol. The first kappa shape index (κ1) is 17.1. The van der Waals surface area contributed by atoms with Gasteiger partial charge in [0.25, 0.3) is 5.69 Å². The zero-order valence-electron chi connectivity index (χ0n) is 11.8. The number of nitrogens with zero attached hydrogens (tertiary/aromatic N) is 2. The molecule has 0 heterocycles. The molecule has 0 fully saturated rings. The van der Waals surface area contributed by atoms with E-state index in [1.807, 2.05) is 0 Å². The summed E-state index contributed by atoms with van der Waals surface area (Å²) in [5.74, 6) is -1.27. The highest BCUT2D eigenvalue weighted by Crippen LogP contribution is 2.25. The molecule has 0 aliphatic carbocycles. The van der Waals surface area contributed by atoms with Crippen LogP contribution in [0.5, 0.6) is 0 Å². The van der Waals surface area contributed by atoms with E-state index in [0.29, 0.717) is 9.87 Å². The topological polar surface area (TPSA) is 118 Å². The lowest BCUT2D eigenvalue weighted by molar-refractivity contribution is -0.385. The van der Waals surface area contributed by atoms with Crippen LogP contribution in [0.4, 0.5) is 5.69 Å². The van der Waals surface area contributed by atoms with Crippen molar-refractivity contribution in [3.05, 3.63) is 33.9 Å². The van der Waals surface area contributed by atoms with Gasteiger partial charge in [-0.25, -0.2) is 8.42 Å². The predicted octanol–water partition coefficient (Wildman–Crippen LogP) is 1.39. The second kappa shape index (κ2) is 6.19. The third-order valence-electron chi connectivity index (χ3n) is 3.16. The summed E-state index contributed by atoms with van der Waals surface area (Å²) < 4.78 is 25.4. The van der Waals surface area contributed by atoms with Crippen molar-refractivity contribution in [1.29, 1.82) is 0 Å². The number of nitro benzene ring substituents is 1. The minimum Gasteiger partial charge on any atom is -0.480 e. The van der Waals surface area contributed by atoms with Crippen molar-refractivity contribution in [2.45, 2.75) is 31.2 Å². The van der Waals surface area contributed by atoms with Gasteiger partial charge in [0.2, 0.25) is 10.0 Å². The lowest BCUT2D eigenvalue weighted by Gasteiger charge is -2.23. The SMILES string of the molecule is CCC(C(=O)O)N(C)S(=O)(=O)c1ccc(C)c([N+](=O)[O-])c1. The molecule has 1 aromatic rings. The largest absolute Gasteiger partial charge is 0.480 e. The number of carboxylic acid groups (broad SMARTS) is 1. The maximum atomic E-state index is 12.4. The van der Waals surface area contributed by atoms with Crippen LogP contribution in [-0.4, -0.2) is 41.8 Å². The van der Waals surface area contributed by atoms with Gasteiger partial charge in [-0.05, 0) is 19.4 Å². The maximum Gasteiger partial charge on any atom is 0.321 e. The molecular formula is C12H16N2O6S. The number of hydrogen-bond donors (Lipinski definition) is 1. The Morgan fingerprint density at radius 3 is 2.48 bits per heavy atom. The molecule has 0 aliphatic rings. The Kier molecular flexibility index (Phi) is 5.02. The molecule has 116 valence electrons. The van der Waals surface area contributed by atoms with Crippen molar-refractivity contribution in [3.8, 4) is 0 Å². The van der Waals surface area contributed by atoms with E-state index >= 15 is 0 Å². The van der Waals surface area contributed by atoms with Crippen molar-refractivity contribution in [3.63, 3.8) is 0 Å². The van der Waals surface area contributed by atoms with Crippen LogP contribution in [0, 0.1) is 17.0 Å². The molecule has 1 atom stereocenters. The lowest BCUT2D eigenvalue weighted by atomic mass is 10.2. The Labute approximate surface area is 122 Å². The minimum atomic E-state index is -4.12. The molecule has 9 heteroatoms. The molecular weight excluding hydrogens is 300 g/mol. The van der Waals surface area contributed by atoms with E-state index in [-0.39, 0.29) is 17.0 Å². The molecule has 0 spiro atoms. The Bertz CT molecular complexity index is 670. The highest BCUT2D eigenvalue weighted by Gasteiger charge is 2.32. The molecule has 21 heavy (non-hydrogen) atoms. The number of aryl methyl sites for hydroxylation is 1. The van der Waals surface area contributed by atoms with E-state index in [1.54, 1.807) is 6.92 Å². The molecule has 0 amide bonds. The first-order valence-electron chi connectivity index (χ1n) is 6.08. The van der Waals surface area contributed by atoms with Gasteiger partial charge in [0.1, 0.15) is 6.04 Å². The van der Waals surface area contributed by atoms with Crippen molar-refractivity contribution in [1.82, 2.24) is 4.31 Å². The van der Waals surface area contributed by atoms with Crippen molar-refractivity contribution >= 4 is 21.7 Å². The van der Waals surface area contributed by atoms with Crippen LogP contribution in [0.25, 0.3) is 0 Å². The fraction of sp³-hybridized carbons (Fsp3) is 0.417. The number of benzene rings is 1. The Morgan fingerprint density at radius 2 is 2.05 bits per heavy atom. The van der Waals surface area contributed by atoms with Crippen LogP contribution in [0.15, 0.2) is 23.1 Å². The Balaban J connectivity index is 3.34. The van der Waals surface area contributed by atoms with Crippen molar-refractivity contribution in [2.75, 3.05) is 7.05 Å². The number of aliphatic carboxylic acids is 1. The summed E-state index contributed by atoms with van der Waals surface area (Å²) >= 11 is 0. The van der Waals surface area contributed by atoms with E-state index in [1.165, 1.54) is 19.1 Å². The van der Waals surface area contributed by atoms with Crippen LogP contribution in [0.2, 0.25) is 0 Å². The summed E-state index contributed by atoms with van der Waals surface area (Å²) in [7, 11) is -2.98. The third-order valence-corrected chi connectivity index (χ3v) is 5.03. The summed E-state index contributed by atoms with van der Waals surface area (Å²) in [5.41, 5.74) is -0.000252. The van der Waals surface area contributed by atoms with E-state index < -0.39 is 27.0 Å². The van der Waals surface area contributed by atoms with Gasteiger partial charge in [-0.2, -0.15) is 4.31 Å². The van der Waals surface area contributed by atoms with Crippen LogP contribution in [0.3, 0.4) is 0 Å². The molecule has 1 N–H and O–H groups in total. The van der Waals surface area contributed by atoms with Gasteiger partial charge in [0, 0.05) is 18.7 Å². The second-order valence-corrected chi connectivity index (χ2v) is 6.49. The van der Waals surface area contributed by atoms with Gasteiger partial charge < -0.3 is 5.11 Å². The molecule has 1 rings (SSSR count). The van der Waals surface area contributed by atoms with Gasteiger partial charge in [-0.15, -0.1) is 0 Å². The third kappa shape index (κ3) is 3.37. The van der Waals surface area contributed by atoms with E-state index in [0.717, 1.165) is 13.1 Å². The van der Waals surface area contributed by atoms with Crippen LogP contribution in [0.1, 0.15) is 18.9 Å². The van der Waals surface area contributed by atoms with E-state index in [4.69, 9.17) is 5.11 Å². The second-order valence-electron chi connectivity index (χ2n) is 4.49. The summed E-state index contributed by atoms with van der Waals surface area (Å²) in [5, 5.41) is 19.9. The van der Waals surface area contributed by atoms with E-state index in [9.17, 15) is 23.3 Å². The van der Waals surface area contributed by atoms with Gasteiger partial charge in [0.05, 0.1) is 9.82 Å². The van der Waals surface area contributed by atoms with Crippen LogP contribution >= 0.6 is 0 Å². The minimum absolute atomic E-state index is 0.0824. The molecule has 0 aliphatic heterocycles. The standard InChI is InChI=1S/C12H16N2O6S/c1-4-10(12(15)16)13(3)21(19,20)9-6-5-8(2)11(7-9)14(17)18/h5-7,10H,4H2,1-3H3,(H,15,16). The van der Waals surface area contributed by atoms with Gasteiger partial charge in [0.15, 0.2) is 0 Å². The van der Waals surface area contributed by atoms with Gasteiger partial charge in [-0.1, -0.05) is 13.0 Å². The number of nitro groups is 1. The Hall–Kier alpha value is -2.00. The number of carboxylic acids is 1. The number of sulfonamides is 1. The smallest absolute Gasteiger partial charge is 0.321 e. The van der Waals surface area contributed by atoms with Crippen molar-refractivity contribution < 1.29 is 23.2 Å². The summed E-state index contributed by atoms with van der Waals surface area (Å²) in [6, 6.07) is 2.26. The normalized spacial score (nSPS) is 13.1. The van der Waals surface area contributed by atoms with Gasteiger partial charge in [-0.3, -0.25) is 14.9 Å². The molecule has 1 aromatic carbocycles. The highest BCUT2D eigenvalue weighted by atomic mass is 32.2. The lowest BCUT2D eigenvalue weighted by Crippen LogP contribution is -2.41. The van der Waals surface area contributed by atoms with E-state index in [2.05, 4.69) is 0 Å². The fourth-order valence-electron chi connectivity index (χ4n) is 1.87. The predicted molar refractivity (Wildman–Crippen MR) is 74.5 cm³/mol. The van der Waals surface area contributed by atoms with Gasteiger partial charge >= 0.3 is 5.97 Å². The molecule has 0 saturated carbocycles. The first-order valence-corrected chi connectivity index (χ1v) is 7.52. The fourth-order valence-corrected chi connectivity index (χ4v) is 3.27. The van der Waals surface area contributed by atoms with Crippen molar-refractivity contribution in [2.24, 2.45) is 0 Å². The highest BCUT2D eigenvalue weighted by molar-refractivity contribution is 7.89. The first-order chi connectivity index (χ1) is 9.62. The summed E-state index contributed by atoms with van der Waals surface area (Å²) in [6.45, 7) is 3.03. The molecule has 8 nitrogen and oxygen atoms in total.